The molecule has 0 saturated carbocycles. The molecule has 2 N–H and O–H groups in total. The fourth-order valence-corrected chi connectivity index (χ4v) is 2.79. The number of carbonyl (C=O) groups is 1. The number of hydrogen-bond acceptors (Lipinski definition) is 4. The quantitative estimate of drug-likeness (QED) is 0.891. The third-order valence-corrected chi connectivity index (χ3v) is 3.91. The van der Waals surface area contributed by atoms with Crippen molar-refractivity contribution in [1.82, 2.24) is 0 Å². The summed E-state index contributed by atoms with van der Waals surface area (Å²) < 4.78 is 5.31. The normalized spacial score (nSPS) is 12.5. The van der Waals surface area contributed by atoms with E-state index in [-0.39, 0.29) is 18.3 Å². The molecule has 1 aliphatic heterocycles. The van der Waals surface area contributed by atoms with Gasteiger partial charge >= 0.3 is 0 Å². The Morgan fingerprint density at radius 2 is 2.08 bits per heavy atom. The molecule has 3 rings (SSSR count). The van der Waals surface area contributed by atoms with Crippen LogP contribution >= 0.6 is 12.4 Å². The number of carbonyl (C=O) groups excluding carboxylic acids is 1. The van der Waals surface area contributed by atoms with Gasteiger partial charge in [-0.15, -0.1) is 12.4 Å². The van der Waals surface area contributed by atoms with Gasteiger partial charge in [0.05, 0.1) is 30.7 Å². The van der Waals surface area contributed by atoms with Crippen LogP contribution in [0.4, 0.5) is 17.1 Å². The average Bonchev–Trinajstić information content (AvgIpc) is 2.55. The molecule has 0 atom stereocenters. The van der Waals surface area contributed by atoms with Crippen LogP contribution in [0.15, 0.2) is 42.5 Å². The van der Waals surface area contributed by atoms with Crippen molar-refractivity contribution in [2.75, 3.05) is 42.3 Å². The maximum Gasteiger partial charge on any atom is 0.243 e. The maximum absolute atomic E-state index is 12.4. The number of nitrogens with one attached hydrogen (secondary N) is 2. The molecule has 128 valence electrons. The molecule has 6 heteroatoms. The largest absolute Gasteiger partial charge is 0.495 e. The van der Waals surface area contributed by atoms with Crippen molar-refractivity contribution in [2.45, 2.75) is 6.92 Å². The van der Waals surface area contributed by atoms with Crippen molar-refractivity contribution in [1.29, 1.82) is 0 Å². The Morgan fingerprint density at radius 1 is 1.29 bits per heavy atom. The first-order valence-corrected chi connectivity index (χ1v) is 7.70. The molecule has 0 aromatic heterocycles. The zero-order valence-corrected chi connectivity index (χ0v) is 14.7. The Balaban J connectivity index is 0.00000208. The van der Waals surface area contributed by atoms with Crippen LogP contribution in [0, 0.1) is 6.92 Å². The summed E-state index contributed by atoms with van der Waals surface area (Å²) in [5.74, 6) is 0.621. The Kier molecular flexibility index (Phi) is 5.93. The molecule has 2 aromatic rings. The van der Waals surface area contributed by atoms with Crippen molar-refractivity contribution in [3.8, 4) is 5.75 Å². The first-order chi connectivity index (χ1) is 11.2. The summed E-state index contributed by atoms with van der Waals surface area (Å²) in [5, 5.41) is 6.30. The second-order valence-electron chi connectivity index (χ2n) is 5.62. The lowest BCUT2D eigenvalue weighted by atomic mass is 10.2. The van der Waals surface area contributed by atoms with E-state index in [0.29, 0.717) is 18.0 Å². The Labute approximate surface area is 148 Å². The molecule has 0 bridgehead atoms. The van der Waals surface area contributed by atoms with Gasteiger partial charge in [0.2, 0.25) is 5.91 Å². The molecule has 0 radical (unpaired) electrons. The Hall–Kier alpha value is -2.40. The number of benzene rings is 2. The topological polar surface area (TPSA) is 53.6 Å². The first-order valence-electron chi connectivity index (χ1n) is 7.70. The summed E-state index contributed by atoms with van der Waals surface area (Å²) >= 11 is 0. The fourth-order valence-electron chi connectivity index (χ4n) is 2.79. The van der Waals surface area contributed by atoms with Gasteiger partial charge in [-0.1, -0.05) is 18.2 Å². The molecule has 2 aromatic carbocycles. The number of aryl methyl sites for hydroxylation is 1. The molecule has 0 aliphatic carbocycles. The minimum absolute atomic E-state index is 0. The third-order valence-electron chi connectivity index (χ3n) is 3.91. The molecule has 1 amide bonds. The van der Waals surface area contributed by atoms with Gasteiger partial charge in [0.25, 0.3) is 0 Å². The van der Waals surface area contributed by atoms with E-state index in [9.17, 15) is 4.79 Å². The van der Waals surface area contributed by atoms with Gasteiger partial charge in [0, 0.05) is 13.1 Å². The van der Waals surface area contributed by atoms with Gasteiger partial charge in [-0.05, 0) is 36.8 Å². The fraction of sp³-hybridized carbons (Fsp3) is 0.278. The number of amides is 1. The summed E-state index contributed by atoms with van der Waals surface area (Å²) in [6.07, 6.45) is 0. The molecule has 1 heterocycles. The van der Waals surface area contributed by atoms with Crippen LogP contribution in [-0.2, 0) is 4.79 Å². The lowest BCUT2D eigenvalue weighted by Crippen LogP contribution is -2.39. The molecule has 24 heavy (non-hydrogen) atoms. The van der Waals surface area contributed by atoms with E-state index in [4.69, 9.17) is 4.74 Å². The van der Waals surface area contributed by atoms with Crippen LogP contribution in [0.5, 0.6) is 5.75 Å². The molecule has 0 unspecified atom stereocenters. The molecule has 0 spiro atoms. The molecular formula is C18H22ClN3O2. The highest BCUT2D eigenvalue weighted by Gasteiger charge is 2.19. The van der Waals surface area contributed by atoms with E-state index in [1.54, 1.807) is 7.11 Å². The number of methoxy groups -OCH3 is 1. The van der Waals surface area contributed by atoms with Crippen LogP contribution in [0.1, 0.15) is 5.56 Å². The standard InChI is InChI=1S/C18H21N3O2.ClH/c1-13-7-8-17(23-2)15(11-13)20-18(22)12-21-10-9-19-14-5-3-4-6-16(14)21;/h3-8,11,19H,9-10,12H2,1-2H3,(H,20,22);1H. The highest BCUT2D eigenvalue weighted by Crippen LogP contribution is 2.29. The molecule has 0 saturated heterocycles. The van der Waals surface area contributed by atoms with E-state index in [1.807, 2.05) is 49.4 Å². The van der Waals surface area contributed by atoms with E-state index in [1.165, 1.54) is 0 Å². The minimum atomic E-state index is -0.0504. The smallest absolute Gasteiger partial charge is 0.243 e. The predicted octanol–water partition coefficient (Wildman–Crippen LogP) is 3.30. The number of anilines is 3. The third kappa shape index (κ3) is 3.92. The highest BCUT2D eigenvalue weighted by atomic mass is 35.5. The van der Waals surface area contributed by atoms with E-state index in [2.05, 4.69) is 15.5 Å². The Morgan fingerprint density at radius 3 is 2.88 bits per heavy atom. The summed E-state index contributed by atoms with van der Waals surface area (Å²) in [5.41, 5.74) is 3.92. The Bertz CT molecular complexity index is 721. The average molecular weight is 348 g/mol. The summed E-state index contributed by atoms with van der Waals surface area (Å²) in [4.78, 5) is 14.5. The highest BCUT2D eigenvalue weighted by molar-refractivity contribution is 5.96. The first kappa shape index (κ1) is 17.9. The maximum atomic E-state index is 12.4. The number of nitrogens with zero attached hydrogens (tertiary/aromatic N) is 1. The minimum Gasteiger partial charge on any atom is -0.495 e. The van der Waals surface area contributed by atoms with Crippen molar-refractivity contribution in [2.24, 2.45) is 0 Å². The second-order valence-corrected chi connectivity index (χ2v) is 5.62. The van der Waals surface area contributed by atoms with Crippen molar-refractivity contribution in [3.05, 3.63) is 48.0 Å². The molecular weight excluding hydrogens is 326 g/mol. The van der Waals surface area contributed by atoms with Crippen LogP contribution in [0.2, 0.25) is 0 Å². The number of halogens is 1. The molecule has 1 aliphatic rings. The summed E-state index contributed by atoms with van der Waals surface area (Å²) in [6, 6.07) is 13.8. The van der Waals surface area contributed by atoms with Gasteiger partial charge < -0.3 is 20.3 Å². The number of hydrogen-bond donors (Lipinski definition) is 2. The lowest BCUT2D eigenvalue weighted by molar-refractivity contribution is -0.115. The predicted molar refractivity (Wildman–Crippen MR) is 101 cm³/mol. The van der Waals surface area contributed by atoms with Gasteiger partial charge in [-0.2, -0.15) is 0 Å². The second kappa shape index (κ2) is 7.93. The van der Waals surface area contributed by atoms with Crippen molar-refractivity contribution in [3.63, 3.8) is 0 Å². The van der Waals surface area contributed by atoms with Crippen LogP contribution in [0.25, 0.3) is 0 Å². The SMILES string of the molecule is COc1ccc(C)cc1NC(=O)CN1CCNc2ccccc21.Cl. The molecule has 5 nitrogen and oxygen atoms in total. The van der Waals surface area contributed by atoms with Gasteiger partial charge in [0.1, 0.15) is 5.75 Å². The van der Waals surface area contributed by atoms with Gasteiger partial charge in [-0.3, -0.25) is 4.79 Å². The molecule has 0 fully saturated rings. The monoisotopic (exact) mass is 347 g/mol. The number of para-hydroxylation sites is 2. The number of rotatable bonds is 4. The van der Waals surface area contributed by atoms with Gasteiger partial charge in [0.15, 0.2) is 0 Å². The zero-order valence-electron chi connectivity index (χ0n) is 13.8. The summed E-state index contributed by atoms with van der Waals surface area (Å²) in [7, 11) is 1.60. The van der Waals surface area contributed by atoms with Crippen LogP contribution < -0.4 is 20.3 Å². The van der Waals surface area contributed by atoms with E-state index >= 15 is 0 Å². The number of ether oxygens (including phenoxy) is 1. The van der Waals surface area contributed by atoms with Crippen molar-refractivity contribution >= 4 is 35.4 Å². The number of fused-ring (bicyclic) bond motifs is 1. The zero-order chi connectivity index (χ0) is 16.2. The lowest BCUT2D eigenvalue weighted by Gasteiger charge is -2.31. The van der Waals surface area contributed by atoms with Crippen LogP contribution in [-0.4, -0.2) is 32.7 Å². The van der Waals surface area contributed by atoms with E-state index < -0.39 is 0 Å². The summed E-state index contributed by atoms with van der Waals surface area (Å²) in [6.45, 7) is 3.94. The van der Waals surface area contributed by atoms with E-state index in [0.717, 1.165) is 30.0 Å². The van der Waals surface area contributed by atoms with Crippen LogP contribution in [0.3, 0.4) is 0 Å². The van der Waals surface area contributed by atoms with Gasteiger partial charge in [-0.25, -0.2) is 0 Å². The van der Waals surface area contributed by atoms with Crippen molar-refractivity contribution < 1.29 is 9.53 Å².